The highest BCUT2D eigenvalue weighted by atomic mass is 35.5. The predicted octanol–water partition coefficient (Wildman–Crippen LogP) is 5.64. The zero-order valence-corrected chi connectivity index (χ0v) is 16.0. The molecule has 5 rings (SSSR count). The fourth-order valence-electron chi connectivity index (χ4n) is 3.00. The van der Waals surface area contributed by atoms with Gasteiger partial charge >= 0.3 is 0 Å². The summed E-state index contributed by atoms with van der Waals surface area (Å²) >= 11 is 7.76. The predicted molar refractivity (Wildman–Crippen MR) is 104 cm³/mol. The molecule has 134 valence electrons. The topological polar surface area (TPSA) is 69.4 Å². The van der Waals surface area contributed by atoms with Crippen molar-refractivity contribution in [2.24, 2.45) is 0 Å². The summed E-state index contributed by atoms with van der Waals surface area (Å²) in [6, 6.07) is 11.4. The minimum absolute atomic E-state index is 0.647. The average molecular weight is 397 g/mol. The van der Waals surface area contributed by atoms with Gasteiger partial charge in [0.05, 0.1) is 22.4 Å². The molecule has 0 unspecified atom stereocenters. The molecule has 0 spiro atoms. The molecule has 5 aromatic rings. The number of rotatable bonds is 3. The van der Waals surface area contributed by atoms with Gasteiger partial charge in [0.2, 0.25) is 4.96 Å². The highest BCUT2D eigenvalue weighted by Gasteiger charge is 2.20. The summed E-state index contributed by atoms with van der Waals surface area (Å²) < 4.78 is 13.1. The molecule has 0 aliphatic rings. The molecule has 0 saturated carbocycles. The Hall–Kier alpha value is -2.90. The fraction of sp³-hybridized carbons (Fsp3) is 0.105. The lowest BCUT2D eigenvalue weighted by atomic mass is 10.1. The molecule has 0 amide bonds. The molecule has 0 N–H and O–H groups in total. The van der Waals surface area contributed by atoms with Gasteiger partial charge in [0, 0.05) is 5.56 Å². The van der Waals surface area contributed by atoms with Crippen molar-refractivity contribution >= 4 is 27.9 Å². The summed E-state index contributed by atoms with van der Waals surface area (Å²) in [4.78, 5) is 0.709. The number of benzene rings is 1. The van der Waals surface area contributed by atoms with Crippen LogP contribution < -0.4 is 0 Å². The SMILES string of the molecule is Cc1oc(-c2ccccc2Cl)cc1-c1nn2c(-c3ccoc3C)nnc2s1. The Bertz CT molecular complexity index is 1280. The third-order valence-electron chi connectivity index (χ3n) is 4.38. The molecule has 0 bridgehead atoms. The average Bonchev–Trinajstić information content (AvgIpc) is 3.39. The Labute approximate surface area is 163 Å². The second-order valence-electron chi connectivity index (χ2n) is 6.08. The van der Waals surface area contributed by atoms with E-state index in [4.69, 9.17) is 25.5 Å². The van der Waals surface area contributed by atoms with E-state index in [9.17, 15) is 0 Å². The van der Waals surface area contributed by atoms with Crippen LogP contribution in [0.3, 0.4) is 0 Å². The van der Waals surface area contributed by atoms with E-state index in [0.717, 1.165) is 33.2 Å². The van der Waals surface area contributed by atoms with Crippen LogP contribution in [-0.4, -0.2) is 19.8 Å². The minimum atomic E-state index is 0.647. The van der Waals surface area contributed by atoms with Gasteiger partial charge in [-0.05, 0) is 38.1 Å². The summed E-state index contributed by atoms with van der Waals surface area (Å²) in [6.07, 6.45) is 1.63. The first-order chi connectivity index (χ1) is 13.1. The van der Waals surface area contributed by atoms with Crippen molar-refractivity contribution in [1.82, 2.24) is 19.8 Å². The summed E-state index contributed by atoms with van der Waals surface area (Å²) in [5, 5.41) is 14.6. The fourth-order valence-corrected chi connectivity index (χ4v) is 4.13. The molecule has 0 fully saturated rings. The van der Waals surface area contributed by atoms with E-state index in [1.165, 1.54) is 11.3 Å². The maximum atomic E-state index is 6.30. The van der Waals surface area contributed by atoms with Crippen LogP contribution in [0.15, 0.2) is 51.5 Å². The lowest BCUT2D eigenvalue weighted by molar-refractivity contribution is 0.535. The summed E-state index contributed by atoms with van der Waals surface area (Å²) in [6.45, 7) is 3.80. The second-order valence-corrected chi connectivity index (χ2v) is 7.44. The molecule has 0 radical (unpaired) electrons. The normalized spacial score (nSPS) is 11.5. The van der Waals surface area contributed by atoms with E-state index >= 15 is 0 Å². The zero-order chi connectivity index (χ0) is 18.5. The number of fused-ring (bicyclic) bond motifs is 1. The maximum Gasteiger partial charge on any atom is 0.235 e. The molecule has 4 heterocycles. The number of nitrogens with zero attached hydrogens (tertiary/aromatic N) is 4. The molecule has 8 heteroatoms. The van der Waals surface area contributed by atoms with Crippen LogP contribution in [0.4, 0.5) is 0 Å². The standard InChI is InChI=1S/C19H13ClN4O2S/c1-10-12(7-8-25-10)17-21-22-19-24(17)23-18(27-19)14-9-16(26-11(14)2)13-5-3-4-6-15(13)20/h3-9H,1-2H3. The third-order valence-corrected chi connectivity index (χ3v) is 5.64. The number of aryl methyl sites for hydroxylation is 2. The van der Waals surface area contributed by atoms with E-state index in [1.54, 1.807) is 10.8 Å². The molecule has 1 aromatic carbocycles. The Morgan fingerprint density at radius 3 is 2.63 bits per heavy atom. The largest absolute Gasteiger partial charge is 0.469 e. The molecular formula is C19H13ClN4O2S. The van der Waals surface area contributed by atoms with Crippen LogP contribution in [0.5, 0.6) is 0 Å². The molecule has 0 aliphatic heterocycles. The van der Waals surface area contributed by atoms with Gasteiger partial charge in [-0.25, -0.2) is 0 Å². The van der Waals surface area contributed by atoms with Gasteiger partial charge in [-0.3, -0.25) is 0 Å². The van der Waals surface area contributed by atoms with Crippen molar-refractivity contribution in [2.75, 3.05) is 0 Å². The molecule has 4 aromatic heterocycles. The number of aromatic nitrogens is 4. The van der Waals surface area contributed by atoms with E-state index in [2.05, 4.69) is 10.2 Å². The Balaban J connectivity index is 1.62. The van der Waals surface area contributed by atoms with Crippen LogP contribution in [-0.2, 0) is 0 Å². The highest BCUT2D eigenvalue weighted by molar-refractivity contribution is 7.19. The Morgan fingerprint density at radius 1 is 1.00 bits per heavy atom. The van der Waals surface area contributed by atoms with Gasteiger partial charge in [-0.1, -0.05) is 35.1 Å². The first kappa shape index (κ1) is 16.3. The third kappa shape index (κ3) is 2.58. The van der Waals surface area contributed by atoms with E-state index in [0.29, 0.717) is 21.6 Å². The van der Waals surface area contributed by atoms with Crippen molar-refractivity contribution < 1.29 is 8.83 Å². The van der Waals surface area contributed by atoms with Crippen molar-refractivity contribution in [3.8, 4) is 33.3 Å². The second kappa shape index (κ2) is 6.07. The molecule has 0 atom stereocenters. The van der Waals surface area contributed by atoms with Gasteiger partial charge in [0.25, 0.3) is 0 Å². The number of hydrogen-bond acceptors (Lipinski definition) is 6. The van der Waals surface area contributed by atoms with Crippen molar-refractivity contribution in [3.05, 3.63) is 59.2 Å². The van der Waals surface area contributed by atoms with Gasteiger partial charge in [0.15, 0.2) is 10.8 Å². The maximum absolute atomic E-state index is 6.30. The van der Waals surface area contributed by atoms with E-state index in [-0.39, 0.29) is 0 Å². The first-order valence-electron chi connectivity index (χ1n) is 8.24. The van der Waals surface area contributed by atoms with Crippen LogP contribution in [0.2, 0.25) is 5.02 Å². The molecule has 0 saturated heterocycles. The lowest BCUT2D eigenvalue weighted by Crippen LogP contribution is -1.91. The lowest BCUT2D eigenvalue weighted by Gasteiger charge is -1.98. The van der Waals surface area contributed by atoms with Crippen molar-refractivity contribution in [1.29, 1.82) is 0 Å². The van der Waals surface area contributed by atoms with Crippen LogP contribution in [0.25, 0.3) is 38.2 Å². The number of halogens is 1. The van der Waals surface area contributed by atoms with Gasteiger partial charge in [0.1, 0.15) is 17.3 Å². The van der Waals surface area contributed by atoms with E-state index in [1.807, 2.05) is 50.2 Å². The van der Waals surface area contributed by atoms with Crippen LogP contribution in [0.1, 0.15) is 11.5 Å². The first-order valence-corrected chi connectivity index (χ1v) is 9.43. The summed E-state index contributed by atoms with van der Waals surface area (Å²) in [7, 11) is 0. The van der Waals surface area contributed by atoms with Crippen molar-refractivity contribution in [2.45, 2.75) is 13.8 Å². The van der Waals surface area contributed by atoms with Gasteiger partial charge in [-0.2, -0.15) is 9.61 Å². The molecule has 27 heavy (non-hydrogen) atoms. The Kier molecular flexibility index (Phi) is 3.66. The molecule has 6 nitrogen and oxygen atoms in total. The quantitative estimate of drug-likeness (QED) is 0.394. The number of furan rings is 2. The minimum Gasteiger partial charge on any atom is -0.469 e. The monoisotopic (exact) mass is 396 g/mol. The smallest absolute Gasteiger partial charge is 0.235 e. The van der Waals surface area contributed by atoms with Gasteiger partial charge in [-0.15, -0.1) is 10.2 Å². The van der Waals surface area contributed by atoms with Crippen molar-refractivity contribution in [3.63, 3.8) is 0 Å². The van der Waals surface area contributed by atoms with Crippen LogP contribution >= 0.6 is 22.9 Å². The molecular weight excluding hydrogens is 384 g/mol. The zero-order valence-electron chi connectivity index (χ0n) is 14.4. The molecule has 0 aliphatic carbocycles. The van der Waals surface area contributed by atoms with Crippen LogP contribution in [0, 0.1) is 13.8 Å². The van der Waals surface area contributed by atoms with E-state index < -0.39 is 0 Å². The summed E-state index contributed by atoms with van der Waals surface area (Å²) in [5.74, 6) is 2.92. The highest BCUT2D eigenvalue weighted by Crippen LogP contribution is 2.37. The Morgan fingerprint density at radius 2 is 1.85 bits per heavy atom. The number of hydrogen-bond donors (Lipinski definition) is 0. The van der Waals surface area contributed by atoms with Gasteiger partial charge < -0.3 is 8.83 Å². The summed E-state index contributed by atoms with van der Waals surface area (Å²) in [5.41, 5.74) is 2.64.